The molecule has 1 aliphatic rings. The average molecular weight is 1020 g/mol. The fourth-order valence-corrected chi connectivity index (χ4v) is 10.2. The summed E-state index contributed by atoms with van der Waals surface area (Å²) >= 11 is 0. The van der Waals surface area contributed by atoms with Crippen molar-refractivity contribution in [2.75, 3.05) is 31.7 Å². The van der Waals surface area contributed by atoms with Crippen LogP contribution in [0.2, 0.25) is 0 Å². The highest BCUT2D eigenvalue weighted by molar-refractivity contribution is 5.70. The zero-order valence-electron chi connectivity index (χ0n) is 48.0. The Labute approximate surface area is 449 Å². The smallest absolute Gasteiger partial charge is 0.280 e. The Hall–Kier alpha value is -2.75. The molecular formula is C64H115N5O4. The van der Waals surface area contributed by atoms with Crippen LogP contribution < -0.4 is 10.9 Å². The molecule has 0 aliphatic carbocycles. The van der Waals surface area contributed by atoms with Gasteiger partial charge in [0.15, 0.2) is 11.2 Å². The Balaban J connectivity index is 1.37. The maximum absolute atomic E-state index is 13.2. The lowest BCUT2D eigenvalue weighted by Crippen LogP contribution is -2.29. The molecule has 0 bridgehead atoms. The van der Waals surface area contributed by atoms with Crippen molar-refractivity contribution in [1.29, 1.82) is 0 Å². The van der Waals surface area contributed by atoms with Crippen LogP contribution in [-0.2, 0) is 14.2 Å². The Bertz CT molecular complexity index is 1670. The molecule has 0 spiro atoms. The minimum atomic E-state index is -0.327. The molecule has 0 saturated carbocycles. The number of imidazole rings is 1. The third-order valence-corrected chi connectivity index (χ3v) is 15.0. The molecule has 420 valence electrons. The molecule has 3 rings (SSSR count). The highest BCUT2D eigenvalue weighted by Gasteiger charge is 2.38. The number of rotatable bonds is 53. The summed E-state index contributed by atoms with van der Waals surface area (Å²) in [6, 6.07) is 0. The highest BCUT2D eigenvalue weighted by Crippen LogP contribution is 2.33. The Morgan fingerprint density at radius 3 is 1.40 bits per heavy atom. The molecule has 0 amide bonds. The summed E-state index contributed by atoms with van der Waals surface area (Å²) < 4.78 is 21.5. The van der Waals surface area contributed by atoms with E-state index in [1.807, 2.05) is 4.57 Å². The number of hydrogen-bond donors (Lipinski definition) is 2. The van der Waals surface area contributed by atoms with Crippen LogP contribution in [-0.4, -0.2) is 58.1 Å². The second-order valence-electron chi connectivity index (χ2n) is 21.8. The van der Waals surface area contributed by atoms with Crippen molar-refractivity contribution in [1.82, 2.24) is 19.5 Å². The molecule has 0 radical (unpaired) electrons. The van der Waals surface area contributed by atoms with Gasteiger partial charge < -0.3 is 19.5 Å². The van der Waals surface area contributed by atoms with Gasteiger partial charge in [0.25, 0.3) is 5.56 Å². The summed E-state index contributed by atoms with van der Waals surface area (Å²) in [5.74, 6) is 0.494. The van der Waals surface area contributed by atoms with Crippen LogP contribution in [0.15, 0.2) is 47.6 Å². The molecule has 73 heavy (non-hydrogen) atoms. The summed E-state index contributed by atoms with van der Waals surface area (Å²) in [5.41, 5.74) is 0.663. The summed E-state index contributed by atoms with van der Waals surface area (Å²) in [5, 5.41) is 3.39. The van der Waals surface area contributed by atoms with Crippen LogP contribution in [0.1, 0.15) is 303 Å². The molecule has 9 nitrogen and oxygen atoms in total. The predicted octanol–water partition coefficient (Wildman–Crippen LogP) is 19.3. The minimum absolute atomic E-state index is 0.0867. The van der Waals surface area contributed by atoms with Crippen LogP contribution in [0.5, 0.6) is 0 Å². The van der Waals surface area contributed by atoms with E-state index < -0.39 is 0 Å². The molecule has 2 aromatic rings. The van der Waals surface area contributed by atoms with Crippen molar-refractivity contribution in [3.8, 4) is 0 Å². The van der Waals surface area contributed by atoms with E-state index in [0.29, 0.717) is 30.1 Å². The van der Waals surface area contributed by atoms with Gasteiger partial charge in [0, 0.05) is 26.2 Å². The summed E-state index contributed by atoms with van der Waals surface area (Å²) in [6.07, 6.45) is 70.5. The number of unbranched alkanes of at least 4 members (excludes halogenated alkanes) is 36. The molecular weight excluding hydrogens is 903 g/mol. The van der Waals surface area contributed by atoms with Crippen molar-refractivity contribution < 1.29 is 14.2 Å². The quantitative estimate of drug-likeness (QED) is 0.0502. The van der Waals surface area contributed by atoms with Gasteiger partial charge in [-0.1, -0.05) is 231 Å². The van der Waals surface area contributed by atoms with Gasteiger partial charge in [-0.25, -0.2) is 4.98 Å². The number of nitrogens with one attached hydrogen (secondary N) is 2. The van der Waals surface area contributed by atoms with Gasteiger partial charge in [-0.15, -0.1) is 0 Å². The third kappa shape index (κ3) is 33.8. The number of ether oxygens (including phenoxy) is 3. The van der Waals surface area contributed by atoms with Crippen LogP contribution in [0.4, 0.5) is 5.95 Å². The maximum atomic E-state index is 13.2. The van der Waals surface area contributed by atoms with E-state index in [9.17, 15) is 4.79 Å². The number of aromatic amines is 1. The van der Waals surface area contributed by atoms with Gasteiger partial charge in [0.05, 0.1) is 19.0 Å². The van der Waals surface area contributed by atoms with Crippen molar-refractivity contribution in [3.05, 3.63) is 53.1 Å². The monoisotopic (exact) mass is 1020 g/mol. The van der Waals surface area contributed by atoms with E-state index in [1.54, 1.807) is 6.33 Å². The number of H-pyrrole nitrogens is 1. The van der Waals surface area contributed by atoms with E-state index in [4.69, 9.17) is 19.2 Å². The van der Waals surface area contributed by atoms with E-state index in [0.717, 1.165) is 39.0 Å². The molecule has 3 atom stereocenters. The van der Waals surface area contributed by atoms with Crippen LogP contribution in [0.25, 0.3) is 11.2 Å². The molecule has 1 aliphatic heterocycles. The fraction of sp³-hybridized carbons (Fsp3) is 0.828. The molecule has 9 heteroatoms. The zero-order valence-corrected chi connectivity index (χ0v) is 48.0. The minimum Gasteiger partial charge on any atom is -0.379 e. The number of nitrogens with zero attached hydrogens (tertiary/aromatic N) is 3. The molecule has 0 aromatic carbocycles. The van der Waals surface area contributed by atoms with E-state index >= 15 is 0 Å². The van der Waals surface area contributed by atoms with Crippen LogP contribution >= 0.6 is 0 Å². The lowest BCUT2D eigenvalue weighted by Gasteiger charge is -2.19. The lowest BCUT2D eigenvalue weighted by molar-refractivity contribution is -0.0764. The number of fused-ring (bicyclic) bond motifs is 1. The van der Waals surface area contributed by atoms with Gasteiger partial charge >= 0.3 is 0 Å². The zero-order chi connectivity index (χ0) is 51.8. The number of anilines is 1. The first-order valence-electron chi connectivity index (χ1n) is 31.7. The number of allylic oxidation sites excluding steroid dienone is 6. The Morgan fingerprint density at radius 2 is 0.945 bits per heavy atom. The average Bonchev–Trinajstić information content (AvgIpc) is 4.02. The van der Waals surface area contributed by atoms with Crippen molar-refractivity contribution >= 4 is 17.1 Å². The van der Waals surface area contributed by atoms with Crippen molar-refractivity contribution in [2.24, 2.45) is 0 Å². The first-order valence-corrected chi connectivity index (χ1v) is 31.7. The van der Waals surface area contributed by atoms with Gasteiger partial charge in [-0.05, 0) is 96.3 Å². The Kier molecular flexibility index (Phi) is 42.2. The van der Waals surface area contributed by atoms with Gasteiger partial charge in [0.1, 0.15) is 12.3 Å². The topological polar surface area (TPSA) is 103 Å². The SMILES string of the molecule is CCCCCCCC/C=C\CCCCCCCCNc1nc2c(ncn2[C@H]2C[C@H](OCCCCCCCC/C=C\CCCCCCCC)[C@@H](COCCCCCCCC/C=C\CCCCCCCC)O2)c(=O)[nH]1. The van der Waals surface area contributed by atoms with Crippen LogP contribution in [0, 0.1) is 0 Å². The lowest BCUT2D eigenvalue weighted by atomic mass is 10.1. The second-order valence-corrected chi connectivity index (χ2v) is 21.8. The van der Waals surface area contributed by atoms with Gasteiger partial charge in [-0.2, -0.15) is 4.98 Å². The molecule has 1 fully saturated rings. The third-order valence-electron chi connectivity index (χ3n) is 15.0. The molecule has 2 aromatic heterocycles. The van der Waals surface area contributed by atoms with Crippen LogP contribution in [0.3, 0.4) is 0 Å². The van der Waals surface area contributed by atoms with Crippen molar-refractivity contribution in [3.63, 3.8) is 0 Å². The van der Waals surface area contributed by atoms with E-state index in [1.165, 1.54) is 250 Å². The first-order chi connectivity index (χ1) is 36.2. The number of aromatic nitrogens is 4. The van der Waals surface area contributed by atoms with E-state index in [-0.39, 0.29) is 24.0 Å². The van der Waals surface area contributed by atoms with Crippen molar-refractivity contribution in [2.45, 2.75) is 315 Å². The van der Waals surface area contributed by atoms with E-state index in [2.05, 4.69) is 72.5 Å². The maximum Gasteiger partial charge on any atom is 0.280 e. The normalized spacial score (nSPS) is 16.2. The Morgan fingerprint density at radius 1 is 0.548 bits per heavy atom. The second kappa shape index (κ2) is 47.7. The molecule has 0 unspecified atom stereocenters. The number of hydrogen-bond acceptors (Lipinski definition) is 7. The largest absolute Gasteiger partial charge is 0.379 e. The van der Waals surface area contributed by atoms with Gasteiger partial charge in [-0.3, -0.25) is 14.3 Å². The molecule has 1 saturated heterocycles. The molecule has 2 N–H and O–H groups in total. The summed E-state index contributed by atoms with van der Waals surface area (Å²) in [7, 11) is 0. The fourth-order valence-electron chi connectivity index (χ4n) is 10.2. The summed E-state index contributed by atoms with van der Waals surface area (Å²) in [6.45, 7) is 9.59. The highest BCUT2D eigenvalue weighted by atomic mass is 16.6. The molecule has 3 heterocycles. The first kappa shape index (κ1) is 64.5. The van der Waals surface area contributed by atoms with Gasteiger partial charge in [0.2, 0.25) is 5.95 Å². The summed E-state index contributed by atoms with van der Waals surface area (Å²) in [4.78, 5) is 25.5. The predicted molar refractivity (Wildman–Crippen MR) is 314 cm³/mol. The standard InChI is InChI=1S/C64H115N5O4/c1-4-7-10-13-16-19-22-25-28-31-34-37-40-43-46-49-52-65-64-67-62-61(63(70)68-64)66-57-69(62)60-55-58(72-54-51-48-45-42-39-36-33-30-27-24-21-18-15-12-9-6-3)59(73-60)56-71-53-50-47-44-41-38-35-32-29-26-23-20-17-14-11-8-5-2/h25-30,57-60H,4-24,31-56H2,1-3H3,(H2,65,67,68,70)/b28-25-,29-26-,30-27-/t58-,59+,60+/m0/s1.